The van der Waals surface area contributed by atoms with E-state index in [0.717, 1.165) is 5.56 Å². The molecule has 0 aliphatic rings. The maximum atomic E-state index is 13.7. The van der Waals surface area contributed by atoms with Gasteiger partial charge in [0.2, 0.25) is 5.91 Å². The zero-order valence-corrected chi connectivity index (χ0v) is 11.2. The lowest BCUT2D eigenvalue weighted by Gasteiger charge is -2.22. The number of carbonyl (C=O) groups is 1. The third-order valence-electron chi connectivity index (χ3n) is 3.21. The number of carbonyl (C=O) groups excluding carboxylic acids is 1. The van der Waals surface area contributed by atoms with E-state index >= 15 is 0 Å². The molecule has 0 bridgehead atoms. The van der Waals surface area contributed by atoms with E-state index in [1.54, 1.807) is 25.1 Å². The number of benzene rings is 2. The van der Waals surface area contributed by atoms with Gasteiger partial charge in [-0.05, 0) is 18.6 Å². The van der Waals surface area contributed by atoms with Gasteiger partial charge in [0, 0.05) is 11.6 Å². The van der Waals surface area contributed by atoms with Crippen LogP contribution in [0.15, 0.2) is 54.6 Å². The van der Waals surface area contributed by atoms with Gasteiger partial charge in [-0.3, -0.25) is 10.1 Å². The van der Waals surface area contributed by atoms with Crippen molar-refractivity contribution in [2.45, 2.75) is 19.0 Å². The van der Waals surface area contributed by atoms with Crippen LogP contribution in [0.5, 0.6) is 0 Å². The Morgan fingerprint density at radius 1 is 1.10 bits per heavy atom. The van der Waals surface area contributed by atoms with E-state index in [2.05, 4.69) is 5.32 Å². The average Bonchev–Trinajstić information content (AvgIpc) is 2.45. The van der Waals surface area contributed by atoms with Crippen LogP contribution in [0.25, 0.3) is 0 Å². The van der Waals surface area contributed by atoms with Crippen LogP contribution in [0.1, 0.15) is 30.1 Å². The third kappa shape index (κ3) is 3.22. The number of amides is 1. The molecular formula is C16H17FN2O. The van der Waals surface area contributed by atoms with E-state index in [9.17, 15) is 9.18 Å². The average molecular weight is 272 g/mol. The molecule has 0 aromatic heterocycles. The number of primary amides is 1. The highest BCUT2D eigenvalue weighted by atomic mass is 19.1. The van der Waals surface area contributed by atoms with Crippen LogP contribution in [0, 0.1) is 5.82 Å². The Bertz CT molecular complexity index is 586. The molecule has 0 radical (unpaired) electrons. The highest BCUT2D eigenvalue weighted by Gasteiger charge is 2.21. The first-order valence-corrected chi connectivity index (χ1v) is 6.44. The monoisotopic (exact) mass is 272 g/mol. The predicted molar refractivity (Wildman–Crippen MR) is 76.3 cm³/mol. The molecule has 2 rings (SSSR count). The number of rotatable bonds is 5. The molecule has 2 unspecified atom stereocenters. The number of nitrogens with two attached hydrogens (primary N) is 1. The summed E-state index contributed by atoms with van der Waals surface area (Å²) in [6.07, 6.45) is 0. The maximum Gasteiger partial charge on any atom is 0.239 e. The second-order valence-electron chi connectivity index (χ2n) is 4.66. The molecule has 0 saturated carbocycles. The van der Waals surface area contributed by atoms with Crippen molar-refractivity contribution in [1.29, 1.82) is 0 Å². The molecule has 4 heteroatoms. The van der Waals surface area contributed by atoms with Crippen LogP contribution in [0.2, 0.25) is 0 Å². The molecule has 2 aromatic rings. The van der Waals surface area contributed by atoms with E-state index in [1.807, 2.05) is 30.3 Å². The quantitative estimate of drug-likeness (QED) is 0.879. The van der Waals surface area contributed by atoms with Crippen LogP contribution in [-0.4, -0.2) is 5.91 Å². The molecule has 0 spiro atoms. The Labute approximate surface area is 117 Å². The van der Waals surface area contributed by atoms with E-state index in [-0.39, 0.29) is 11.9 Å². The van der Waals surface area contributed by atoms with Gasteiger partial charge < -0.3 is 5.73 Å². The molecule has 2 aromatic carbocycles. The summed E-state index contributed by atoms with van der Waals surface area (Å²) in [5.74, 6) is -0.789. The molecule has 0 fully saturated rings. The Hall–Kier alpha value is -2.20. The lowest BCUT2D eigenvalue weighted by molar-refractivity contribution is -0.120. The summed E-state index contributed by atoms with van der Waals surface area (Å²) in [6, 6.07) is 14.7. The lowest BCUT2D eigenvalue weighted by atomic mass is 10.0. The highest BCUT2D eigenvalue weighted by molar-refractivity contribution is 5.81. The first-order valence-electron chi connectivity index (χ1n) is 6.44. The molecule has 0 saturated heterocycles. The molecule has 2 atom stereocenters. The minimum Gasteiger partial charge on any atom is -0.368 e. The van der Waals surface area contributed by atoms with E-state index in [1.165, 1.54) is 6.07 Å². The van der Waals surface area contributed by atoms with Gasteiger partial charge in [-0.15, -0.1) is 0 Å². The fourth-order valence-corrected chi connectivity index (χ4v) is 2.15. The van der Waals surface area contributed by atoms with Crippen molar-refractivity contribution in [2.75, 3.05) is 0 Å². The second-order valence-corrected chi connectivity index (χ2v) is 4.66. The fourth-order valence-electron chi connectivity index (χ4n) is 2.15. The minimum absolute atomic E-state index is 0.302. The number of halogens is 1. The maximum absolute atomic E-state index is 13.7. The summed E-state index contributed by atoms with van der Waals surface area (Å²) in [6.45, 7) is 1.80. The topological polar surface area (TPSA) is 55.1 Å². The summed E-state index contributed by atoms with van der Waals surface area (Å²) in [4.78, 5) is 11.6. The van der Waals surface area contributed by atoms with Crippen molar-refractivity contribution in [3.63, 3.8) is 0 Å². The lowest BCUT2D eigenvalue weighted by Crippen LogP contribution is -2.35. The Morgan fingerprint density at radius 2 is 1.70 bits per heavy atom. The molecule has 20 heavy (non-hydrogen) atoms. The van der Waals surface area contributed by atoms with Gasteiger partial charge in [0.05, 0.1) is 0 Å². The summed E-state index contributed by atoms with van der Waals surface area (Å²) < 4.78 is 13.7. The Morgan fingerprint density at radius 3 is 2.30 bits per heavy atom. The van der Waals surface area contributed by atoms with Gasteiger partial charge in [-0.25, -0.2) is 4.39 Å². The van der Waals surface area contributed by atoms with E-state index in [0.29, 0.717) is 5.56 Å². The van der Waals surface area contributed by atoms with Gasteiger partial charge >= 0.3 is 0 Å². The van der Waals surface area contributed by atoms with E-state index < -0.39 is 11.9 Å². The number of hydrogen-bond donors (Lipinski definition) is 2. The summed E-state index contributed by atoms with van der Waals surface area (Å²) in [5, 5.41) is 3.08. The van der Waals surface area contributed by atoms with Gasteiger partial charge in [0.25, 0.3) is 0 Å². The summed E-state index contributed by atoms with van der Waals surface area (Å²) >= 11 is 0. The van der Waals surface area contributed by atoms with Crippen LogP contribution >= 0.6 is 0 Å². The molecular weight excluding hydrogens is 255 g/mol. The van der Waals surface area contributed by atoms with Gasteiger partial charge in [0.15, 0.2) is 0 Å². The van der Waals surface area contributed by atoms with Crippen molar-refractivity contribution in [3.8, 4) is 0 Å². The molecule has 0 heterocycles. The largest absolute Gasteiger partial charge is 0.368 e. The van der Waals surface area contributed by atoms with Crippen molar-refractivity contribution in [3.05, 3.63) is 71.5 Å². The molecule has 3 N–H and O–H groups in total. The van der Waals surface area contributed by atoms with Gasteiger partial charge in [-0.2, -0.15) is 0 Å². The number of nitrogens with one attached hydrogen (secondary N) is 1. The first-order chi connectivity index (χ1) is 9.59. The van der Waals surface area contributed by atoms with Crippen LogP contribution in [0.4, 0.5) is 4.39 Å². The molecule has 1 amide bonds. The standard InChI is InChI=1S/C16H17FN2O/c1-11(13-9-5-6-10-14(13)17)19-15(16(18)20)12-7-3-2-4-8-12/h2-11,15,19H,1H3,(H2,18,20). The second kappa shape index (κ2) is 6.30. The van der Waals surface area contributed by atoms with Crippen molar-refractivity contribution in [2.24, 2.45) is 5.73 Å². The summed E-state index contributed by atoms with van der Waals surface area (Å²) in [7, 11) is 0. The highest BCUT2D eigenvalue weighted by Crippen LogP contribution is 2.21. The Balaban J connectivity index is 2.21. The fraction of sp³-hybridized carbons (Fsp3) is 0.188. The first kappa shape index (κ1) is 14.2. The normalized spacial score (nSPS) is 13.7. The molecule has 0 aliphatic carbocycles. The third-order valence-corrected chi connectivity index (χ3v) is 3.21. The molecule has 104 valence electrons. The zero-order chi connectivity index (χ0) is 14.5. The predicted octanol–water partition coefficient (Wildman–Crippen LogP) is 2.70. The van der Waals surface area contributed by atoms with Crippen molar-refractivity contribution >= 4 is 5.91 Å². The van der Waals surface area contributed by atoms with Crippen molar-refractivity contribution in [1.82, 2.24) is 5.32 Å². The number of hydrogen-bond acceptors (Lipinski definition) is 2. The van der Waals surface area contributed by atoms with Crippen molar-refractivity contribution < 1.29 is 9.18 Å². The molecule has 3 nitrogen and oxygen atoms in total. The van der Waals surface area contributed by atoms with Gasteiger partial charge in [-0.1, -0.05) is 48.5 Å². The smallest absolute Gasteiger partial charge is 0.239 e. The molecule has 0 aliphatic heterocycles. The summed E-state index contributed by atoms with van der Waals surface area (Å²) in [5.41, 5.74) is 6.71. The van der Waals surface area contributed by atoms with Gasteiger partial charge in [0.1, 0.15) is 11.9 Å². The van der Waals surface area contributed by atoms with Crippen LogP contribution in [0.3, 0.4) is 0 Å². The zero-order valence-electron chi connectivity index (χ0n) is 11.2. The van der Waals surface area contributed by atoms with Crippen LogP contribution < -0.4 is 11.1 Å². The van der Waals surface area contributed by atoms with E-state index in [4.69, 9.17) is 5.73 Å². The SMILES string of the molecule is CC(NC(C(N)=O)c1ccccc1)c1ccccc1F. The minimum atomic E-state index is -0.647. The Kier molecular flexibility index (Phi) is 4.48. The van der Waals surface area contributed by atoms with Crippen LogP contribution in [-0.2, 0) is 4.79 Å².